The van der Waals surface area contributed by atoms with Crippen LogP contribution in [-0.2, 0) is 0 Å². The van der Waals surface area contributed by atoms with Gasteiger partial charge in [-0.3, -0.25) is 9.78 Å². The van der Waals surface area contributed by atoms with Gasteiger partial charge in [0.05, 0.1) is 5.02 Å². The summed E-state index contributed by atoms with van der Waals surface area (Å²) in [6.07, 6.45) is 4.80. The second-order valence-corrected chi connectivity index (χ2v) is 6.75. The lowest BCUT2D eigenvalue weighted by Crippen LogP contribution is -2.42. The molecule has 0 fully saturated rings. The van der Waals surface area contributed by atoms with Crippen LogP contribution < -0.4 is 5.32 Å². The Morgan fingerprint density at radius 1 is 1.36 bits per heavy atom. The van der Waals surface area contributed by atoms with Gasteiger partial charge in [0.2, 0.25) is 0 Å². The lowest BCUT2D eigenvalue weighted by Gasteiger charge is -2.26. The van der Waals surface area contributed by atoms with Crippen molar-refractivity contribution in [3.05, 3.63) is 29.0 Å². The van der Waals surface area contributed by atoms with Crippen LogP contribution in [0.4, 0.5) is 4.79 Å². The van der Waals surface area contributed by atoms with Crippen molar-refractivity contribution in [2.24, 2.45) is 5.92 Å². The lowest BCUT2D eigenvalue weighted by molar-refractivity contribution is 0.0973. The fourth-order valence-corrected chi connectivity index (χ4v) is 2.36. The molecule has 1 heterocycles. The molecule has 22 heavy (non-hydrogen) atoms. The Kier molecular flexibility index (Phi) is 6.81. The first-order chi connectivity index (χ1) is 10.2. The summed E-state index contributed by atoms with van der Waals surface area (Å²) in [4.78, 5) is 26.7. The molecule has 1 amide bonds. The number of hydrogen-bond acceptors (Lipinski definition) is 3. The van der Waals surface area contributed by atoms with Crippen molar-refractivity contribution in [3.63, 3.8) is 0 Å². The average Bonchev–Trinajstić information content (AvgIpc) is 2.41. The molecule has 0 saturated carbocycles. The zero-order chi connectivity index (χ0) is 16.8. The van der Waals surface area contributed by atoms with Gasteiger partial charge in [-0.15, -0.1) is 0 Å². The predicted molar refractivity (Wildman–Crippen MR) is 86.4 cm³/mol. The van der Waals surface area contributed by atoms with E-state index in [0.29, 0.717) is 22.9 Å². The molecule has 0 radical (unpaired) electrons. The van der Waals surface area contributed by atoms with Crippen molar-refractivity contribution in [1.29, 1.82) is 0 Å². The molecule has 0 bridgehead atoms. The molecule has 0 saturated heterocycles. The van der Waals surface area contributed by atoms with Crippen LogP contribution in [0.15, 0.2) is 18.5 Å². The van der Waals surface area contributed by atoms with Crippen molar-refractivity contribution >= 4 is 23.5 Å². The Morgan fingerprint density at radius 3 is 2.64 bits per heavy atom. The van der Waals surface area contributed by atoms with Crippen molar-refractivity contribution in [3.8, 4) is 0 Å². The summed E-state index contributed by atoms with van der Waals surface area (Å²) in [7, 11) is 0. The van der Waals surface area contributed by atoms with E-state index in [1.54, 1.807) is 6.07 Å². The topological polar surface area (TPSA) is 79.3 Å². The number of pyridine rings is 1. The number of nitrogens with zero attached hydrogens (tertiary/aromatic N) is 1. The van der Waals surface area contributed by atoms with Crippen LogP contribution in [0.5, 0.6) is 0 Å². The number of aromatic nitrogens is 1. The van der Waals surface area contributed by atoms with Crippen LogP contribution in [0.1, 0.15) is 56.8 Å². The number of carbonyl (C=O) groups excluding carboxylic acids is 1. The van der Waals surface area contributed by atoms with E-state index >= 15 is 0 Å². The number of carboxylic acid groups (broad SMARTS) is 1. The second-order valence-electron chi connectivity index (χ2n) is 6.31. The van der Waals surface area contributed by atoms with Gasteiger partial charge >= 0.3 is 6.09 Å². The molecule has 1 rings (SSSR count). The van der Waals surface area contributed by atoms with E-state index in [1.165, 1.54) is 12.4 Å². The van der Waals surface area contributed by atoms with Crippen LogP contribution in [-0.4, -0.2) is 27.5 Å². The van der Waals surface area contributed by atoms with Gasteiger partial charge in [-0.2, -0.15) is 0 Å². The molecule has 1 atom stereocenters. The Labute approximate surface area is 136 Å². The zero-order valence-electron chi connectivity index (χ0n) is 13.2. The quantitative estimate of drug-likeness (QED) is 0.703. The predicted octanol–water partition coefficient (Wildman–Crippen LogP) is 4.16. The van der Waals surface area contributed by atoms with E-state index < -0.39 is 11.6 Å². The number of amides is 1. The minimum atomic E-state index is -1.01. The highest BCUT2D eigenvalue weighted by Crippen LogP contribution is 2.21. The van der Waals surface area contributed by atoms with Gasteiger partial charge in [-0.1, -0.05) is 18.5 Å². The molecular weight excluding hydrogens is 304 g/mol. The number of halogens is 1. The summed E-state index contributed by atoms with van der Waals surface area (Å²) in [6, 6.07) is 1.63. The highest BCUT2D eigenvalue weighted by atomic mass is 35.5. The summed E-state index contributed by atoms with van der Waals surface area (Å²) in [5, 5.41) is 11.7. The number of ketones is 1. The standard InChI is InChI=1S/C16H23ClN2O3/c1-11(6-7-16(2,3)19-15(21)22)4-5-14(20)12-8-13(17)10-18-9-12/h8-11,19H,4-7H2,1-3H3,(H,21,22). The van der Waals surface area contributed by atoms with Gasteiger partial charge in [0, 0.05) is 29.9 Å². The van der Waals surface area contributed by atoms with Crippen LogP contribution in [0, 0.1) is 5.92 Å². The maximum Gasteiger partial charge on any atom is 0.405 e. The third-order valence-electron chi connectivity index (χ3n) is 3.60. The van der Waals surface area contributed by atoms with Gasteiger partial charge in [0.1, 0.15) is 0 Å². The fraction of sp³-hybridized carbons (Fsp3) is 0.562. The summed E-state index contributed by atoms with van der Waals surface area (Å²) >= 11 is 5.82. The third kappa shape index (κ3) is 6.89. The summed E-state index contributed by atoms with van der Waals surface area (Å²) < 4.78 is 0. The molecule has 1 unspecified atom stereocenters. The van der Waals surface area contributed by atoms with Crippen molar-refractivity contribution in [2.75, 3.05) is 0 Å². The highest BCUT2D eigenvalue weighted by molar-refractivity contribution is 6.30. The third-order valence-corrected chi connectivity index (χ3v) is 3.81. The zero-order valence-corrected chi connectivity index (χ0v) is 14.0. The molecule has 6 heteroatoms. The molecule has 0 aliphatic heterocycles. The molecule has 1 aromatic heterocycles. The Bertz CT molecular complexity index is 532. The molecule has 122 valence electrons. The molecule has 0 aliphatic rings. The number of Topliss-reactive ketones (excluding diaryl/α,β-unsaturated/α-hetero) is 1. The monoisotopic (exact) mass is 326 g/mol. The molecule has 1 aromatic rings. The lowest BCUT2D eigenvalue weighted by atomic mass is 9.90. The normalized spacial score (nSPS) is 12.7. The van der Waals surface area contributed by atoms with Gasteiger partial charge in [-0.05, 0) is 45.1 Å². The van der Waals surface area contributed by atoms with Gasteiger partial charge in [-0.25, -0.2) is 4.79 Å². The minimum Gasteiger partial charge on any atom is -0.465 e. The van der Waals surface area contributed by atoms with Gasteiger partial charge < -0.3 is 10.4 Å². The van der Waals surface area contributed by atoms with Gasteiger partial charge in [0.15, 0.2) is 5.78 Å². The Morgan fingerprint density at radius 2 is 2.05 bits per heavy atom. The van der Waals surface area contributed by atoms with E-state index in [4.69, 9.17) is 16.7 Å². The maximum absolute atomic E-state index is 12.1. The molecule has 5 nitrogen and oxygen atoms in total. The van der Waals surface area contributed by atoms with E-state index in [0.717, 1.165) is 19.3 Å². The maximum atomic E-state index is 12.1. The highest BCUT2D eigenvalue weighted by Gasteiger charge is 2.21. The molecule has 2 N–H and O–H groups in total. The van der Waals surface area contributed by atoms with Crippen LogP contribution in [0.2, 0.25) is 5.02 Å². The number of nitrogens with one attached hydrogen (secondary N) is 1. The first-order valence-corrected chi connectivity index (χ1v) is 7.72. The first kappa shape index (κ1) is 18.4. The average molecular weight is 327 g/mol. The second kappa shape index (κ2) is 8.13. The van der Waals surface area contributed by atoms with Crippen molar-refractivity contribution in [1.82, 2.24) is 10.3 Å². The molecule has 0 aliphatic carbocycles. The van der Waals surface area contributed by atoms with E-state index in [2.05, 4.69) is 17.2 Å². The first-order valence-electron chi connectivity index (χ1n) is 7.34. The summed E-state index contributed by atoms with van der Waals surface area (Å²) in [5.41, 5.74) is 0.0774. The number of carbonyl (C=O) groups is 2. The van der Waals surface area contributed by atoms with Crippen molar-refractivity contribution < 1.29 is 14.7 Å². The van der Waals surface area contributed by atoms with E-state index in [-0.39, 0.29) is 5.78 Å². The largest absolute Gasteiger partial charge is 0.465 e. The molecular formula is C16H23ClN2O3. The van der Waals surface area contributed by atoms with E-state index in [9.17, 15) is 9.59 Å². The van der Waals surface area contributed by atoms with E-state index in [1.807, 2.05) is 13.8 Å². The number of rotatable bonds is 8. The SMILES string of the molecule is CC(CCC(=O)c1cncc(Cl)c1)CCC(C)(C)NC(=O)O. The molecule has 0 aromatic carbocycles. The van der Waals surface area contributed by atoms with Crippen molar-refractivity contribution in [2.45, 2.75) is 52.0 Å². The fourth-order valence-electron chi connectivity index (χ4n) is 2.19. The summed E-state index contributed by atoms with van der Waals surface area (Å²) in [6.45, 7) is 5.79. The minimum absolute atomic E-state index is 0.0322. The summed E-state index contributed by atoms with van der Waals surface area (Å²) in [5.74, 6) is 0.371. The smallest absolute Gasteiger partial charge is 0.405 e. The van der Waals surface area contributed by atoms with Crippen LogP contribution >= 0.6 is 11.6 Å². The number of hydrogen-bond donors (Lipinski definition) is 2. The Hall–Kier alpha value is -1.62. The Balaban J connectivity index is 2.38. The van der Waals surface area contributed by atoms with Crippen LogP contribution in [0.3, 0.4) is 0 Å². The van der Waals surface area contributed by atoms with Gasteiger partial charge in [0.25, 0.3) is 0 Å². The molecule has 0 spiro atoms. The van der Waals surface area contributed by atoms with Crippen LogP contribution in [0.25, 0.3) is 0 Å².